The van der Waals surface area contributed by atoms with Crippen LogP contribution in [0, 0.1) is 5.41 Å². The predicted octanol–water partition coefficient (Wildman–Crippen LogP) is 1.90. The largest absolute Gasteiger partial charge is 0.467 e. The number of hydrogen-bond donors (Lipinski definition) is 2. The van der Waals surface area contributed by atoms with Crippen LogP contribution in [0.25, 0.3) is 0 Å². The smallest absolute Gasteiger partial charge is 0.226 e. The molecule has 0 saturated carbocycles. The highest BCUT2D eigenvalue weighted by Gasteiger charge is 2.25. The molecule has 0 fully saturated rings. The van der Waals surface area contributed by atoms with Gasteiger partial charge in [-0.1, -0.05) is 0 Å². The average molecular weight is 289 g/mol. The van der Waals surface area contributed by atoms with Crippen molar-refractivity contribution < 1.29 is 9.21 Å². The molecule has 1 aromatic heterocycles. The lowest BCUT2D eigenvalue weighted by molar-refractivity contribution is -0.128. The molecule has 0 bridgehead atoms. The van der Waals surface area contributed by atoms with E-state index in [-0.39, 0.29) is 5.91 Å². The molecule has 2 N–H and O–H groups in total. The van der Waals surface area contributed by atoms with E-state index in [1.165, 1.54) is 0 Å². The van der Waals surface area contributed by atoms with E-state index in [1.807, 2.05) is 19.9 Å². The molecular formula is C11H17BrN2O2. The van der Waals surface area contributed by atoms with Gasteiger partial charge in [-0.05, 0) is 35.8 Å². The van der Waals surface area contributed by atoms with Gasteiger partial charge in [-0.15, -0.1) is 0 Å². The lowest BCUT2D eigenvalue weighted by atomic mass is 9.92. The first-order valence-corrected chi connectivity index (χ1v) is 5.91. The minimum Gasteiger partial charge on any atom is -0.467 e. The molecule has 0 unspecified atom stereocenters. The Kier molecular flexibility index (Phi) is 4.56. The molecule has 0 aliphatic rings. The highest BCUT2D eigenvalue weighted by atomic mass is 79.9. The molecule has 1 amide bonds. The Morgan fingerprint density at radius 2 is 2.25 bits per heavy atom. The third-order valence-corrected chi connectivity index (χ3v) is 3.09. The average Bonchev–Trinajstić information content (AvgIpc) is 2.63. The third-order valence-electron chi connectivity index (χ3n) is 2.39. The highest BCUT2D eigenvalue weighted by Crippen LogP contribution is 2.18. The molecule has 1 aromatic rings. The van der Waals surface area contributed by atoms with E-state index in [0.29, 0.717) is 13.1 Å². The number of halogens is 1. The lowest BCUT2D eigenvalue weighted by Gasteiger charge is -2.22. The maximum atomic E-state index is 11.5. The molecule has 5 heteroatoms. The van der Waals surface area contributed by atoms with Gasteiger partial charge in [-0.25, -0.2) is 0 Å². The van der Waals surface area contributed by atoms with Gasteiger partial charge in [0.15, 0.2) is 0 Å². The summed E-state index contributed by atoms with van der Waals surface area (Å²) in [6, 6.07) is 1.85. The number of amides is 1. The van der Waals surface area contributed by atoms with Crippen molar-refractivity contribution in [3.63, 3.8) is 0 Å². The van der Waals surface area contributed by atoms with Crippen molar-refractivity contribution in [3.8, 4) is 0 Å². The molecule has 0 aliphatic heterocycles. The molecule has 0 aromatic carbocycles. The van der Waals surface area contributed by atoms with E-state index in [2.05, 4.69) is 26.6 Å². The van der Waals surface area contributed by atoms with E-state index >= 15 is 0 Å². The number of furan rings is 1. The first kappa shape index (κ1) is 13.3. The SMILES string of the molecule is CNC(=O)C(C)(C)CNCc1occc1Br. The molecule has 0 spiro atoms. The summed E-state index contributed by atoms with van der Waals surface area (Å²) in [5, 5.41) is 5.85. The minimum absolute atomic E-state index is 0.0264. The number of rotatable bonds is 5. The summed E-state index contributed by atoms with van der Waals surface area (Å²) in [4.78, 5) is 11.5. The second kappa shape index (κ2) is 5.50. The molecule has 0 radical (unpaired) electrons. The molecule has 1 heterocycles. The lowest BCUT2D eigenvalue weighted by Crippen LogP contribution is -2.41. The van der Waals surface area contributed by atoms with Crippen LogP contribution in [0.15, 0.2) is 21.2 Å². The molecule has 0 aliphatic carbocycles. The van der Waals surface area contributed by atoms with Crippen LogP contribution in [-0.2, 0) is 11.3 Å². The van der Waals surface area contributed by atoms with Gasteiger partial charge in [0.1, 0.15) is 5.76 Å². The molecule has 1 rings (SSSR count). The summed E-state index contributed by atoms with van der Waals surface area (Å²) in [5.74, 6) is 0.867. The van der Waals surface area contributed by atoms with Crippen LogP contribution < -0.4 is 10.6 Å². The standard InChI is InChI=1S/C11H17BrN2O2/c1-11(2,10(15)13-3)7-14-6-9-8(12)4-5-16-9/h4-5,14H,6-7H2,1-3H3,(H,13,15). The molecule has 4 nitrogen and oxygen atoms in total. The first-order chi connectivity index (χ1) is 7.47. The summed E-state index contributed by atoms with van der Waals surface area (Å²) in [7, 11) is 1.65. The topological polar surface area (TPSA) is 54.3 Å². The first-order valence-electron chi connectivity index (χ1n) is 5.12. The van der Waals surface area contributed by atoms with Crippen molar-refractivity contribution in [2.24, 2.45) is 5.41 Å². The maximum Gasteiger partial charge on any atom is 0.226 e. The van der Waals surface area contributed by atoms with Crippen molar-refractivity contribution in [3.05, 3.63) is 22.6 Å². The summed E-state index contributed by atoms with van der Waals surface area (Å²) in [6.45, 7) is 5.00. The Morgan fingerprint density at radius 3 is 2.75 bits per heavy atom. The second-order valence-electron chi connectivity index (χ2n) is 4.26. The van der Waals surface area contributed by atoms with E-state index in [1.54, 1.807) is 13.3 Å². The van der Waals surface area contributed by atoms with Gasteiger partial charge in [-0.3, -0.25) is 4.79 Å². The Hall–Kier alpha value is -0.810. The summed E-state index contributed by atoms with van der Waals surface area (Å²) < 4.78 is 6.20. The van der Waals surface area contributed by atoms with Gasteiger partial charge in [0.25, 0.3) is 0 Å². The summed E-state index contributed by atoms with van der Waals surface area (Å²) in [5.41, 5.74) is -0.423. The zero-order chi connectivity index (χ0) is 12.2. The fourth-order valence-electron chi connectivity index (χ4n) is 1.36. The molecular weight excluding hydrogens is 272 g/mol. The van der Waals surface area contributed by atoms with Gasteiger partial charge < -0.3 is 15.1 Å². The monoisotopic (exact) mass is 288 g/mol. The van der Waals surface area contributed by atoms with Gasteiger partial charge in [0, 0.05) is 13.6 Å². The van der Waals surface area contributed by atoms with Crippen LogP contribution in [0.4, 0.5) is 0 Å². The Balaban J connectivity index is 2.41. The van der Waals surface area contributed by atoms with Crippen molar-refractivity contribution in [2.75, 3.05) is 13.6 Å². The minimum atomic E-state index is -0.423. The van der Waals surface area contributed by atoms with Crippen molar-refractivity contribution in [1.29, 1.82) is 0 Å². The number of carbonyl (C=O) groups is 1. The molecule has 0 atom stereocenters. The fourth-order valence-corrected chi connectivity index (χ4v) is 1.70. The Bertz CT molecular complexity index is 361. The zero-order valence-corrected chi connectivity index (χ0v) is 11.3. The van der Waals surface area contributed by atoms with E-state index in [9.17, 15) is 4.79 Å². The van der Waals surface area contributed by atoms with Crippen LogP contribution in [0.2, 0.25) is 0 Å². The fraction of sp³-hybridized carbons (Fsp3) is 0.545. The summed E-state index contributed by atoms with van der Waals surface area (Å²) >= 11 is 3.38. The van der Waals surface area contributed by atoms with Gasteiger partial charge in [0.05, 0.1) is 22.7 Å². The van der Waals surface area contributed by atoms with Crippen LogP contribution in [0.1, 0.15) is 19.6 Å². The van der Waals surface area contributed by atoms with Gasteiger partial charge in [0.2, 0.25) is 5.91 Å². The van der Waals surface area contributed by atoms with Gasteiger partial charge in [-0.2, -0.15) is 0 Å². The van der Waals surface area contributed by atoms with Crippen LogP contribution >= 0.6 is 15.9 Å². The number of carbonyl (C=O) groups excluding carboxylic acids is 1. The van der Waals surface area contributed by atoms with Gasteiger partial charge >= 0.3 is 0 Å². The normalized spacial score (nSPS) is 11.5. The maximum absolute atomic E-state index is 11.5. The van der Waals surface area contributed by atoms with Crippen LogP contribution in [0.3, 0.4) is 0 Å². The molecule has 0 saturated heterocycles. The van der Waals surface area contributed by atoms with E-state index in [0.717, 1.165) is 10.2 Å². The quantitative estimate of drug-likeness (QED) is 0.870. The number of nitrogens with one attached hydrogen (secondary N) is 2. The third kappa shape index (κ3) is 3.35. The van der Waals surface area contributed by atoms with Crippen molar-refractivity contribution in [2.45, 2.75) is 20.4 Å². The predicted molar refractivity (Wildman–Crippen MR) is 66.0 cm³/mol. The molecule has 16 heavy (non-hydrogen) atoms. The van der Waals surface area contributed by atoms with Crippen LogP contribution in [-0.4, -0.2) is 19.5 Å². The van der Waals surface area contributed by atoms with Crippen molar-refractivity contribution >= 4 is 21.8 Å². The highest BCUT2D eigenvalue weighted by molar-refractivity contribution is 9.10. The number of hydrogen-bond acceptors (Lipinski definition) is 3. The van der Waals surface area contributed by atoms with E-state index < -0.39 is 5.41 Å². The molecule has 90 valence electrons. The zero-order valence-electron chi connectivity index (χ0n) is 9.76. The Morgan fingerprint density at radius 1 is 1.56 bits per heavy atom. The second-order valence-corrected chi connectivity index (χ2v) is 5.11. The van der Waals surface area contributed by atoms with E-state index in [4.69, 9.17) is 4.42 Å². The summed E-state index contributed by atoms with van der Waals surface area (Å²) in [6.07, 6.45) is 1.63. The van der Waals surface area contributed by atoms with Crippen molar-refractivity contribution in [1.82, 2.24) is 10.6 Å². The Labute approximate surface area is 104 Å². The van der Waals surface area contributed by atoms with Crippen LogP contribution in [0.5, 0.6) is 0 Å².